The van der Waals surface area contributed by atoms with Crippen LogP contribution in [0.1, 0.15) is 26.7 Å². The number of imidazole rings is 1. The molecule has 0 bridgehead atoms. The van der Waals surface area contributed by atoms with Crippen LogP contribution in [0.25, 0.3) is 16.9 Å². The molecule has 0 saturated heterocycles. The van der Waals surface area contributed by atoms with Crippen LogP contribution in [-0.2, 0) is 9.59 Å². The first kappa shape index (κ1) is 23.3. The Balaban J connectivity index is 1.61. The van der Waals surface area contributed by atoms with Crippen molar-refractivity contribution in [2.45, 2.75) is 26.7 Å². The van der Waals surface area contributed by atoms with Gasteiger partial charge < -0.3 is 4.90 Å². The molecule has 0 atom stereocenters. The van der Waals surface area contributed by atoms with Crippen molar-refractivity contribution in [3.8, 4) is 16.9 Å². The zero-order valence-electron chi connectivity index (χ0n) is 18.6. The van der Waals surface area contributed by atoms with Gasteiger partial charge in [-0.1, -0.05) is 55.2 Å². The average molecular weight is 485 g/mol. The summed E-state index contributed by atoms with van der Waals surface area (Å²) in [6.45, 7) is 4.61. The maximum Gasteiger partial charge on any atom is 0.246 e. The quantitative estimate of drug-likeness (QED) is 0.447. The molecule has 8 heteroatoms. The van der Waals surface area contributed by atoms with Crippen LogP contribution in [0, 0.1) is 11.8 Å². The second-order valence-corrected chi connectivity index (χ2v) is 9.61. The predicted octanol–water partition coefficient (Wildman–Crippen LogP) is 5.68. The standard InChI is InChI=1S/C25H26Cl2N4O2/c1-16(2)13-30(24(33)18-6-7-18)15-23(32)29-25-28-22(17-8-10-19(26)11-9-17)14-31(25)21-5-3-4-20(27)12-21/h3-5,8-12,14,16,18H,6-7,13,15H2,1-2H3,(H,28,29,32). The third-order valence-corrected chi connectivity index (χ3v) is 5.83. The third-order valence-electron chi connectivity index (χ3n) is 5.34. The van der Waals surface area contributed by atoms with E-state index in [1.807, 2.05) is 44.3 Å². The highest BCUT2D eigenvalue weighted by atomic mass is 35.5. The minimum atomic E-state index is -0.291. The van der Waals surface area contributed by atoms with Crippen LogP contribution in [0.5, 0.6) is 0 Å². The van der Waals surface area contributed by atoms with E-state index >= 15 is 0 Å². The lowest BCUT2D eigenvalue weighted by Crippen LogP contribution is -2.41. The number of benzene rings is 2. The minimum Gasteiger partial charge on any atom is -0.333 e. The predicted molar refractivity (Wildman–Crippen MR) is 132 cm³/mol. The molecule has 1 aliphatic carbocycles. The van der Waals surface area contributed by atoms with Crippen LogP contribution in [0.15, 0.2) is 54.7 Å². The number of hydrogen-bond acceptors (Lipinski definition) is 3. The van der Waals surface area contributed by atoms with Crippen molar-refractivity contribution >= 4 is 41.0 Å². The van der Waals surface area contributed by atoms with Gasteiger partial charge in [-0.2, -0.15) is 0 Å². The van der Waals surface area contributed by atoms with Gasteiger partial charge in [-0.25, -0.2) is 4.98 Å². The van der Waals surface area contributed by atoms with E-state index in [-0.39, 0.29) is 30.2 Å². The average Bonchev–Trinajstić information content (AvgIpc) is 3.53. The Morgan fingerprint density at radius 2 is 1.85 bits per heavy atom. The summed E-state index contributed by atoms with van der Waals surface area (Å²) in [5, 5.41) is 4.10. The van der Waals surface area contributed by atoms with Crippen LogP contribution in [0.3, 0.4) is 0 Å². The number of carbonyl (C=O) groups is 2. The van der Waals surface area contributed by atoms with Crippen molar-refractivity contribution in [3.63, 3.8) is 0 Å². The Kier molecular flexibility index (Phi) is 7.05. The molecule has 0 radical (unpaired) electrons. The number of halogens is 2. The summed E-state index contributed by atoms with van der Waals surface area (Å²) in [7, 11) is 0. The number of nitrogens with zero attached hydrogens (tertiary/aromatic N) is 3. The van der Waals surface area contributed by atoms with Crippen molar-refractivity contribution in [2.75, 3.05) is 18.4 Å². The van der Waals surface area contributed by atoms with Gasteiger partial charge in [0.15, 0.2) is 0 Å². The molecule has 1 heterocycles. The molecule has 0 aliphatic heterocycles. The van der Waals surface area contributed by atoms with Gasteiger partial charge in [-0.3, -0.25) is 19.5 Å². The van der Waals surface area contributed by atoms with Crippen LogP contribution >= 0.6 is 23.2 Å². The molecule has 0 spiro atoms. The number of aromatic nitrogens is 2. The summed E-state index contributed by atoms with van der Waals surface area (Å²) in [6.07, 6.45) is 3.64. The summed E-state index contributed by atoms with van der Waals surface area (Å²) in [4.78, 5) is 32.0. The number of nitrogens with one attached hydrogen (secondary N) is 1. The molecule has 1 N–H and O–H groups in total. The van der Waals surface area contributed by atoms with E-state index in [4.69, 9.17) is 23.2 Å². The van der Waals surface area contributed by atoms with Gasteiger partial charge in [0.2, 0.25) is 17.8 Å². The van der Waals surface area contributed by atoms with E-state index in [1.165, 1.54) is 0 Å². The molecule has 2 aromatic carbocycles. The fourth-order valence-corrected chi connectivity index (χ4v) is 3.96. The van der Waals surface area contributed by atoms with E-state index < -0.39 is 0 Å². The Hall–Kier alpha value is -2.83. The molecule has 172 valence electrons. The zero-order chi connectivity index (χ0) is 23.5. The smallest absolute Gasteiger partial charge is 0.246 e. The van der Waals surface area contributed by atoms with E-state index in [0.29, 0.717) is 28.2 Å². The number of amides is 2. The minimum absolute atomic E-state index is 0.00774. The molecular formula is C25H26Cl2N4O2. The molecule has 4 rings (SSSR count). The summed E-state index contributed by atoms with van der Waals surface area (Å²) in [5.41, 5.74) is 2.30. The highest BCUT2D eigenvalue weighted by Gasteiger charge is 2.34. The number of anilines is 1. The van der Waals surface area contributed by atoms with E-state index in [9.17, 15) is 9.59 Å². The Morgan fingerprint density at radius 3 is 2.48 bits per heavy atom. The maximum absolute atomic E-state index is 13.0. The fraction of sp³-hybridized carbons (Fsp3) is 0.320. The molecule has 1 saturated carbocycles. The molecule has 1 fully saturated rings. The van der Waals surface area contributed by atoms with Gasteiger partial charge in [-0.15, -0.1) is 0 Å². The lowest BCUT2D eigenvalue weighted by Gasteiger charge is -2.24. The van der Waals surface area contributed by atoms with Crippen LogP contribution in [0.2, 0.25) is 10.0 Å². The molecular weight excluding hydrogens is 459 g/mol. The lowest BCUT2D eigenvalue weighted by atomic mass is 10.2. The molecule has 3 aromatic rings. The highest BCUT2D eigenvalue weighted by molar-refractivity contribution is 6.31. The van der Waals surface area contributed by atoms with Gasteiger partial charge >= 0.3 is 0 Å². The topological polar surface area (TPSA) is 67.2 Å². The van der Waals surface area contributed by atoms with Gasteiger partial charge in [-0.05, 0) is 49.1 Å². The fourth-order valence-electron chi connectivity index (χ4n) is 3.65. The summed E-state index contributed by atoms with van der Waals surface area (Å²) in [6, 6.07) is 14.6. The lowest BCUT2D eigenvalue weighted by molar-refractivity contribution is -0.136. The summed E-state index contributed by atoms with van der Waals surface area (Å²) in [5.74, 6) is 0.447. The molecule has 33 heavy (non-hydrogen) atoms. The molecule has 1 aliphatic rings. The van der Waals surface area contributed by atoms with Crippen LogP contribution < -0.4 is 5.32 Å². The second-order valence-electron chi connectivity index (χ2n) is 8.74. The first-order valence-corrected chi connectivity index (χ1v) is 11.8. The Morgan fingerprint density at radius 1 is 1.12 bits per heavy atom. The monoisotopic (exact) mass is 484 g/mol. The van der Waals surface area contributed by atoms with Gasteiger partial charge in [0.05, 0.1) is 12.2 Å². The van der Waals surface area contributed by atoms with Gasteiger partial charge in [0.25, 0.3) is 0 Å². The van der Waals surface area contributed by atoms with Crippen LogP contribution in [0.4, 0.5) is 5.95 Å². The highest BCUT2D eigenvalue weighted by Crippen LogP contribution is 2.31. The molecule has 0 unspecified atom stereocenters. The number of hydrogen-bond donors (Lipinski definition) is 1. The first-order chi connectivity index (χ1) is 15.8. The van der Waals surface area contributed by atoms with Crippen molar-refractivity contribution in [3.05, 3.63) is 64.8 Å². The van der Waals surface area contributed by atoms with Crippen molar-refractivity contribution < 1.29 is 9.59 Å². The van der Waals surface area contributed by atoms with E-state index in [2.05, 4.69) is 10.3 Å². The number of carbonyl (C=O) groups excluding carboxylic acids is 2. The first-order valence-electron chi connectivity index (χ1n) is 11.0. The van der Waals surface area contributed by atoms with Crippen molar-refractivity contribution in [2.24, 2.45) is 11.8 Å². The zero-order valence-corrected chi connectivity index (χ0v) is 20.1. The summed E-state index contributed by atoms with van der Waals surface area (Å²) >= 11 is 12.2. The van der Waals surface area contributed by atoms with Gasteiger partial charge in [0.1, 0.15) is 0 Å². The Bertz CT molecular complexity index is 1150. The van der Waals surface area contributed by atoms with E-state index in [1.54, 1.807) is 33.7 Å². The molecule has 2 amide bonds. The van der Waals surface area contributed by atoms with E-state index in [0.717, 1.165) is 24.1 Å². The van der Waals surface area contributed by atoms with Crippen molar-refractivity contribution in [1.82, 2.24) is 14.5 Å². The normalized spacial score (nSPS) is 13.2. The molecule has 6 nitrogen and oxygen atoms in total. The van der Waals surface area contributed by atoms with Crippen molar-refractivity contribution in [1.29, 1.82) is 0 Å². The maximum atomic E-state index is 13.0. The second kappa shape index (κ2) is 9.98. The third kappa shape index (κ3) is 5.95. The largest absolute Gasteiger partial charge is 0.333 e. The summed E-state index contributed by atoms with van der Waals surface area (Å²) < 4.78 is 1.78. The number of rotatable bonds is 8. The Labute approximate surface area is 203 Å². The molecule has 1 aromatic heterocycles. The van der Waals surface area contributed by atoms with Crippen LogP contribution in [-0.4, -0.2) is 39.4 Å². The SMILES string of the molecule is CC(C)CN(CC(=O)Nc1nc(-c2ccc(Cl)cc2)cn1-c1cccc(Cl)c1)C(=O)C1CC1. The van der Waals surface area contributed by atoms with Gasteiger partial charge in [0, 0.05) is 40.0 Å².